The maximum absolute atomic E-state index is 14.2. The molecule has 3 amide bonds. The number of hydrogen-bond acceptors (Lipinski definition) is 13. The summed E-state index contributed by atoms with van der Waals surface area (Å²) in [6, 6.07) is 12.6. The second kappa shape index (κ2) is 20.3. The van der Waals surface area contributed by atoms with Gasteiger partial charge in [-0.2, -0.15) is 0 Å². The monoisotopic (exact) mass is 982 g/mol. The second-order valence-corrected chi connectivity index (χ2v) is 22.3. The van der Waals surface area contributed by atoms with E-state index < -0.39 is 29.5 Å². The Morgan fingerprint density at radius 2 is 1.68 bits per heavy atom. The Balaban J connectivity index is 0.664. The molecule has 4 aliphatic heterocycles. The van der Waals surface area contributed by atoms with Crippen molar-refractivity contribution in [1.29, 1.82) is 0 Å². The van der Waals surface area contributed by atoms with Crippen LogP contribution in [0.4, 0.5) is 21.8 Å². The van der Waals surface area contributed by atoms with Crippen LogP contribution in [0.15, 0.2) is 60.9 Å². The maximum Gasteiger partial charge on any atom is 0.246 e. The van der Waals surface area contributed by atoms with E-state index in [0.29, 0.717) is 34.3 Å². The number of nitrogens with zero attached hydrogens (tertiary/aromatic N) is 8. The van der Waals surface area contributed by atoms with Gasteiger partial charge in [0.05, 0.1) is 30.1 Å². The third-order valence-corrected chi connectivity index (χ3v) is 16.5. The quantitative estimate of drug-likeness (QED) is 0.134. The van der Waals surface area contributed by atoms with Crippen LogP contribution in [0.5, 0.6) is 5.75 Å². The summed E-state index contributed by atoms with van der Waals surface area (Å²) >= 11 is 0. The number of aromatic nitrogens is 4. The molecule has 5 fully saturated rings. The van der Waals surface area contributed by atoms with Gasteiger partial charge in [-0.15, -0.1) is 10.2 Å². The number of aryl methyl sites for hydroxylation is 1. The number of phenols is 1. The number of carbonyl (C=O) groups excluding carboxylic acids is 3. The first-order valence-corrected chi connectivity index (χ1v) is 25.9. The molecule has 2 aliphatic carbocycles. The highest BCUT2D eigenvalue weighted by molar-refractivity contribution is 5.93. The van der Waals surface area contributed by atoms with E-state index in [2.05, 4.69) is 52.7 Å². The van der Waals surface area contributed by atoms with Gasteiger partial charge in [0, 0.05) is 74.6 Å². The maximum atomic E-state index is 14.2. The number of anilines is 3. The minimum atomic E-state index is -0.893. The predicted molar refractivity (Wildman–Crippen MR) is 272 cm³/mol. The summed E-state index contributed by atoms with van der Waals surface area (Å²) in [5.41, 5.74) is 4.48. The van der Waals surface area contributed by atoms with Crippen molar-refractivity contribution in [2.45, 2.75) is 122 Å². The van der Waals surface area contributed by atoms with E-state index in [1.54, 1.807) is 25.1 Å². The number of carbonyl (C=O) groups is 3. The predicted octanol–water partition coefficient (Wildman–Crippen LogP) is 5.39. The minimum absolute atomic E-state index is 0.00359. The number of rotatable bonds is 9. The molecule has 5 N–H and O–H groups in total. The summed E-state index contributed by atoms with van der Waals surface area (Å²) in [5.74, 6) is 6.55. The number of aliphatic hydroxyl groups excluding tert-OH is 1. The first-order chi connectivity index (χ1) is 34.6. The van der Waals surface area contributed by atoms with Gasteiger partial charge < -0.3 is 45.8 Å². The molecular formula is C55H68FN11O5. The molecule has 2 saturated carbocycles. The molecular weight excluding hydrogens is 914 g/mol. The lowest BCUT2D eigenvalue weighted by Gasteiger charge is -2.55. The zero-order chi connectivity index (χ0) is 50.3. The number of benzene rings is 2. The number of halogens is 1. The van der Waals surface area contributed by atoms with Gasteiger partial charge in [0.1, 0.15) is 23.7 Å². The average Bonchev–Trinajstić information content (AvgIpc) is 3.77. The molecule has 4 aromatic rings. The number of para-hydroxylation sites is 1. The molecule has 0 bridgehead atoms. The molecule has 72 heavy (non-hydrogen) atoms. The largest absolute Gasteiger partial charge is 0.507 e. The number of amides is 3. The van der Waals surface area contributed by atoms with Gasteiger partial charge in [-0.3, -0.25) is 14.4 Å². The van der Waals surface area contributed by atoms with Crippen molar-refractivity contribution in [3.05, 3.63) is 83.4 Å². The fraction of sp³-hybridized carbons (Fsp3) is 0.545. The number of piperidine rings is 1. The Morgan fingerprint density at radius 3 is 2.40 bits per heavy atom. The van der Waals surface area contributed by atoms with Gasteiger partial charge in [0.25, 0.3) is 0 Å². The number of piperazine rings is 1. The van der Waals surface area contributed by atoms with Crippen LogP contribution in [0.2, 0.25) is 0 Å². The number of aliphatic hydroxyl groups is 1. The lowest BCUT2D eigenvalue weighted by molar-refractivity contribution is -0.145. The van der Waals surface area contributed by atoms with Crippen LogP contribution in [0.3, 0.4) is 0 Å². The number of phenolic OH excluding ortho intramolecular Hbond substituents is 1. The number of fused-ring (bicyclic) bond motifs is 3. The summed E-state index contributed by atoms with van der Waals surface area (Å²) in [7, 11) is 0. The molecule has 2 aromatic carbocycles. The highest BCUT2D eigenvalue weighted by Crippen LogP contribution is 2.55. The Hall–Kier alpha value is -6.38. The lowest BCUT2D eigenvalue weighted by atomic mass is 9.56. The molecule has 6 heterocycles. The number of likely N-dealkylation sites (tertiary alicyclic amines) is 2. The zero-order valence-corrected chi connectivity index (χ0v) is 41.9. The Kier molecular flexibility index (Phi) is 13.8. The minimum Gasteiger partial charge on any atom is -0.507 e. The van der Waals surface area contributed by atoms with Gasteiger partial charge in [0.15, 0.2) is 5.82 Å². The van der Waals surface area contributed by atoms with Crippen LogP contribution in [-0.4, -0.2) is 141 Å². The van der Waals surface area contributed by atoms with E-state index in [4.69, 9.17) is 9.97 Å². The summed E-state index contributed by atoms with van der Waals surface area (Å²) in [6.45, 7) is 12.7. The first-order valence-electron chi connectivity index (χ1n) is 25.9. The number of aromatic hydroxyl groups is 1. The molecule has 16 nitrogen and oxygen atoms in total. The third-order valence-electron chi connectivity index (χ3n) is 16.5. The average molecular weight is 982 g/mol. The topological polar surface area (TPSA) is 192 Å². The van der Waals surface area contributed by atoms with Crippen LogP contribution in [0, 0.1) is 41.3 Å². The molecule has 0 radical (unpaired) electrons. The smallest absolute Gasteiger partial charge is 0.246 e. The van der Waals surface area contributed by atoms with Crippen molar-refractivity contribution >= 4 is 35.2 Å². The van der Waals surface area contributed by atoms with E-state index in [9.17, 15) is 29.0 Å². The van der Waals surface area contributed by atoms with E-state index in [-0.39, 0.29) is 60.3 Å². The van der Waals surface area contributed by atoms with Crippen molar-refractivity contribution in [3.63, 3.8) is 0 Å². The summed E-state index contributed by atoms with van der Waals surface area (Å²) in [6.07, 6.45) is 11.3. The summed E-state index contributed by atoms with van der Waals surface area (Å²) < 4.78 is 13.5. The van der Waals surface area contributed by atoms with Crippen LogP contribution in [0.1, 0.15) is 101 Å². The van der Waals surface area contributed by atoms with Crippen LogP contribution >= 0.6 is 0 Å². The molecule has 4 atom stereocenters. The number of β-amino-alcohol motifs (C(OH)–C–C–N with tert-alkyl or cyclic N) is 1. The Morgan fingerprint density at radius 1 is 0.931 bits per heavy atom. The zero-order valence-electron chi connectivity index (χ0n) is 41.9. The Labute approximate surface area is 421 Å². The van der Waals surface area contributed by atoms with Crippen LogP contribution in [0.25, 0.3) is 11.3 Å². The second-order valence-electron chi connectivity index (χ2n) is 22.3. The van der Waals surface area contributed by atoms with Crippen LogP contribution in [-0.2, 0) is 14.4 Å². The van der Waals surface area contributed by atoms with Crippen molar-refractivity contribution in [3.8, 4) is 28.8 Å². The van der Waals surface area contributed by atoms with Gasteiger partial charge in [-0.25, -0.2) is 14.4 Å². The fourth-order valence-electron chi connectivity index (χ4n) is 12.2. The van der Waals surface area contributed by atoms with Gasteiger partial charge in [0.2, 0.25) is 23.7 Å². The lowest BCUT2D eigenvalue weighted by Crippen LogP contribution is -2.59. The normalized spacial score (nSPS) is 25.8. The molecule has 2 aromatic heterocycles. The highest BCUT2D eigenvalue weighted by Gasteiger charge is 2.50. The molecule has 17 heteroatoms. The Bertz CT molecular complexity index is 2720. The number of nitrogens with one attached hydrogen (secondary N) is 3. The van der Waals surface area contributed by atoms with E-state index in [1.807, 2.05) is 51.4 Å². The van der Waals surface area contributed by atoms with E-state index in [1.165, 1.54) is 22.6 Å². The van der Waals surface area contributed by atoms with E-state index >= 15 is 0 Å². The standard InChI is InChI=1S/C55H68FN11O5/c1-34-24-39(56)12-11-35(34)8-7-19-57-51(71)46-25-42(68)33-67(46)52(72)48(54(2,3)4)61-50(70)37-13-17-55(18-14-37)27-40(28-55)64-20-15-36(16-21-64)38-29-59-53(60-30-38)65-22-23-66-41(32-65)31-58-49-45(66)26-44(62-63-49)43-9-5-6-10-47(43)69/h5-6,9-12,24,26,29-30,36-37,40-42,46,48,68-69H,13-23,25,27-28,31-33H2,1-4H3,(H,57,71)(H,58,63)(H,61,70)/t37-,40-,41-,42+,46-,48+,55?/m0/s1. The third kappa shape index (κ3) is 10.3. The summed E-state index contributed by atoms with van der Waals surface area (Å²) in [5, 5.41) is 39.3. The summed E-state index contributed by atoms with van der Waals surface area (Å²) in [4.78, 5) is 60.1. The fourth-order valence-corrected chi connectivity index (χ4v) is 12.2. The van der Waals surface area contributed by atoms with Crippen molar-refractivity contribution in [1.82, 2.24) is 40.6 Å². The first kappa shape index (κ1) is 49.2. The molecule has 3 saturated heterocycles. The van der Waals surface area contributed by atoms with Crippen molar-refractivity contribution < 1.29 is 29.0 Å². The van der Waals surface area contributed by atoms with E-state index in [0.717, 1.165) is 108 Å². The molecule has 6 aliphatic rings. The molecule has 10 rings (SSSR count). The van der Waals surface area contributed by atoms with Gasteiger partial charge >= 0.3 is 0 Å². The number of hydrogen-bond donors (Lipinski definition) is 5. The van der Waals surface area contributed by atoms with Crippen molar-refractivity contribution in [2.24, 2.45) is 16.7 Å². The van der Waals surface area contributed by atoms with Crippen molar-refractivity contribution in [2.75, 3.05) is 67.5 Å². The SMILES string of the molecule is Cc1cc(F)ccc1C#CCNC(=O)[C@@H]1C[C@@H](O)CN1C(=O)[C@@H](NC(=O)[C@H]1CCC2(CC1)C[C@H](N1CCC(c3cnc(N4CCN5c6cc(-c7ccccc7O)nnc6NC[C@H]5C4)nc3)CC1)C2)C(C)(C)C. The van der Waals surface area contributed by atoms with Crippen LogP contribution < -0.4 is 25.8 Å². The molecule has 0 unspecified atom stereocenters. The molecule has 380 valence electrons. The highest BCUT2D eigenvalue weighted by atomic mass is 19.1. The van der Waals surface area contributed by atoms with Gasteiger partial charge in [-0.1, -0.05) is 44.7 Å². The van der Waals surface area contributed by atoms with Gasteiger partial charge in [-0.05, 0) is 136 Å². The molecule has 1 spiro atoms.